The SMILES string of the molecule is C=CCn1c(=O)[nH]c2nc(CC(N)=O)[nH]c(=O)c21. The van der Waals surface area contributed by atoms with Crippen LogP contribution in [0.2, 0.25) is 0 Å². The molecule has 8 nitrogen and oxygen atoms in total. The molecule has 0 saturated heterocycles. The summed E-state index contributed by atoms with van der Waals surface area (Å²) in [5, 5.41) is 0. The fraction of sp³-hybridized carbons (Fsp3) is 0.200. The molecule has 0 bridgehead atoms. The average Bonchev–Trinajstić information content (AvgIpc) is 2.55. The highest BCUT2D eigenvalue weighted by atomic mass is 16.2. The van der Waals surface area contributed by atoms with Crippen LogP contribution in [0.25, 0.3) is 11.2 Å². The van der Waals surface area contributed by atoms with Gasteiger partial charge in [-0.25, -0.2) is 9.78 Å². The van der Waals surface area contributed by atoms with Gasteiger partial charge in [0.1, 0.15) is 5.82 Å². The van der Waals surface area contributed by atoms with Gasteiger partial charge in [0.2, 0.25) is 5.91 Å². The Balaban J connectivity index is 2.69. The van der Waals surface area contributed by atoms with Gasteiger partial charge in [0.15, 0.2) is 11.2 Å². The number of nitrogens with one attached hydrogen (secondary N) is 2. The Hall–Kier alpha value is -2.64. The Morgan fingerprint density at radius 2 is 2.17 bits per heavy atom. The minimum absolute atomic E-state index is 0.118. The van der Waals surface area contributed by atoms with Crippen molar-refractivity contribution in [3.05, 3.63) is 39.3 Å². The van der Waals surface area contributed by atoms with Gasteiger partial charge in [-0.1, -0.05) is 6.08 Å². The number of hydrogen-bond donors (Lipinski definition) is 3. The summed E-state index contributed by atoms with van der Waals surface area (Å²) in [4.78, 5) is 43.0. The second kappa shape index (κ2) is 4.32. The number of allylic oxidation sites excluding steroid dienone is 1. The lowest BCUT2D eigenvalue weighted by atomic mass is 10.4. The van der Waals surface area contributed by atoms with Crippen LogP contribution in [-0.2, 0) is 17.8 Å². The Bertz CT molecular complexity index is 736. The van der Waals surface area contributed by atoms with Crippen molar-refractivity contribution in [3.63, 3.8) is 0 Å². The molecule has 0 radical (unpaired) electrons. The third kappa shape index (κ3) is 1.95. The van der Waals surface area contributed by atoms with Gasteiger partial charge in [0.05, 0.1) is 6.42 Å². The molecule has 0 atom stereocenters. The molecule has 0 spiro atoms. The maximum Gasteiger partial charge on any atom is 0.328 e. The minimum atomic E-state index is -0.620. The molecule has 0 unspecified atom stereocenters. The molecule has 2 aromatic heterocycles. The predicted octanol–water partition coefficient (Wildman–Crippen LogP) is -1.37. The number of carbonyl (C=O) groups is 1. The van der Waals surface area contributed by atoms with E-state index in [2.05, 4.69) is 21.5 Å². The van der Waals surface area contributed by atoms with Gasteiger partial charge in [-0.05, 0) is 0 Å². The maximum absolute atomic E-state index is 11.8. The van der Waals surface area contributed by atoms with E-state index in [1.165, 1.54) is 10.6 Å². The van der Waals surface area contributed by atoms with Crippen molar-refractivity contribution < 1.29 is 4.79 Å². The first-order valence-corrected chi connectivity index (χ1v) is 5.14. The van der Waals surface area contributed by atoms with Crippen LogP contribution in [0.3, 0.4) is 0 Å². The second-order valence-corrected chi connectivity index (χ2v) is 3.68. The zero-order chi connectivity index (χ0) is 13.3. The number of carbonyl (C=O) groups excluding carboxylic acids is 1. The van der Waals surface area contributed by atoms with Crippen molar-refractivity contribution in [2.24, 2.45) is 5.73 Å². The summed E-state index contributed by atoms with van der Waals surface area (Å²) >= 11 is 0. The maximum atomic E-state index is 11.8. The molecule has 0 saturated carbocycles. The van der Waals surface area contributed by atoms with Crippen molar-refractivity contribution in [1.29, 1.82) is 0 Å². The quantitative estimate of drug-likeness (QED) is 0.577. The van der Waals surface area contributed by atoms with Gasteiger partial charge in [0, 0.05) is 6.54 Å². The zero-order valence-corrected chi connectivity index (χ0v) is 9.40. The van der Waals surface area contributed by atoms with Crippen molar-refractivity contribution in [1.82, 2.24) is 19.5 Å². The van der Waals surface area contributed by atoms with E-state index in [4.69, 9.17) is 5.73 Å². The Morgan fingerprint density at radius 3 is 2.78 bits per heavy atom. The number of aromatic nitrogens is 4. The third-order valence-corrected chi connectivity index (χ3v) is 2.34. The molecule has 8 heteroatoms. The molecule has 4 N–H and O–H groups in total. The van der Waals surface area contributed by atoms with Crippen LogP contribution in [-0.4, -0.2) is 25.4 Å². The van der Waals surface area contributed by atoms with E-state index < -0.39 is 17.2 Å². The van der Waals surface area contributed by atoms with Crippen molar-refractivity contribution in [3.8, 4) is 0 Å². The third-order valence-electron chi connectivity index (χ3n) is 2.34. The summed E-state index contributed by atoms with van der Waals surface area (Å²) in [7, 11) is 0. The number of primary amides is 1. The van der Waals surface area contributed by atoms with E-state index in [1.54, 1.807) is 0 Å². The van der Waals surface area contributed by atoms with Crippen LogP contribution < -0.4 is 17.0 Å². The number of rotatable bonds is 4. The summed E-state index contributed by atoms with van der Waals surface area (Å²) in [5.74, 6) is -0.502. The number of H-pyrrole nitrogens is 2. The van der Waals surface area contributed by atoms with Crippen LogP contribution in [0.5, 0.6) is 0 Å². The predicted molar refractivity (Wildman–Crippen MR) is 64.1 cm³/mol. The van der Waals surface area contributed by atoms with E-state index in [0.717, 1.165) is 0 Å². The summed E-state index contributed by atoms with van der Waals surface area (Å²) in [6.07, 6.45) is 1.30. The average molecular weight is 249 g/mol. The molecule has 0 aliphatic carbocycles. The molecule has 0 aliphatic rings. The monoisotopic (exact) mass is 249 g/mol. The molecule has 0 aliphatic heterocycles. The Kier molecular flexibility index (Phi) is 2.84. The standard InChI is InChI=1S/C10H11N5O3/c1-2-3-15-7-8(14-10(15)18)12-6(4-5(11)16)13-9(7)17/h2H,1,3-4H2,(H2,11,16)(H2,12,13,14,17,18). The summed E-state index contributed by atoms with van der Waals surface area (Å²) in [6, 6.07) is 0. The van der Waals surface area contributed by atoms with Crippen LogP contribution in [0.4, 0.5) is 0 Å². The second-order valence-electron chi connectivity index (χ2n) is 3.68. The number of imidazole rings is 1. The van der Waals surface area contributed by atoms with Crippen molar-refractivity contribution >= 4 is 17.1 Å². The van der Waals surface area contributed by atoms with Crippen molar-refractivity contribution in [2.45, 2.75) is 13.0 Å². The smallest absolute Gasteiger partial charge is 0.328 e. The van der Waals surface area contributed by atoms with Gasteiger partial charge in [0.25, 0.3) is 5.56 Å². The molecule has 18 heavy (non-hydrogen) atoms. The van der Waals surface area contributed by atoms with Gasteiger partial charge in [-0.2, -0.15) is 0 Å². The highest BCUT2D eigenvalue weighted by Crippen LogP contribution is 2.02. The highest BCUT2D eigenvalue weighted by molar-refractivity contribution is 5.76. The van der Waals surface area contributed by atoms with E-state index in [1.807, 2.05) is 0 Å². The van der Waals surface area contributed by atoms with E-state index >= 15 is 0 Å². The fourth-order valence-electron chi connectivity index (χ4n) is 1.67. The molecule has 2 aromatic rings. The van der Waals surface area contributed by atoms with Gasteiger partial charge < -0.3 is 10.7 Å². The number of amides is 1. The number of fused-ring (bicyclic) bond motifs is 1. The molecule has 2 rings (SSSR count). The van der Waals surface area contributed by atoms with Gasteiger partial charge in [-0.3, -0.25) is 19.1 Å². The first kappa shape index (κ1) is 11.8. The topological polar surface area (TPSA) is 127 Å². The number of nitrogens with two attached hydrogens (primary N) is 1. The first-order chi connectivity index (χ1) is 8.52. The normalized spacial score (nSPS) is 10.7. The van der Waals surface area contributed by atoms with E-state index in [9.17, 15) is 14.4 Å². The fourth-order valence-corrected chi connectivity index (χ4v) is 1.67. The minimum Gasteiger partial charge on any atom is -0.369 e. The van der Waals surface area contributed by atoms with Crippen LogP contribution in [0.15, 0.2) is 22.2 Å². The summed E-state index contributed by atoms with van der Waals surface area (Å²) < 4.78 is 1.21. The van der Waals surface area contributed by atoms with Gasteiger partial charge in [-0.15, -0.1) is 6.58 Å². The molecule has 2 heterocycles. The number of aromatic amines is 2. The van der Waals surface area contributed by atoms with E-state index in [-0.39, 0.29) is 30.0 Å². The highest BCUT2D eigenvalue weighted by Gasteiger charge is 2.13. The van der Waals surface area contributed by atoms with Crippen LogP contribution in [0, 0.1) is 0 Å². The Labute approximate surface area is 100 Å². The first-order valence-electron chi connectivity index (χ1n) is 5.14. The largest absolute Gasteiger partial charge is 0.369 e. The molecular weight excluding hydrogens is 238 g/mol. The Morgan fingerprint density at radius 1 is 1.44 bits per heavy atom. The lowest BCUT2D eigenvalue weighted by molar-refractivity contribution is -0.117. The van der Waals surface area contributed by atoms with Gasteiger partial charge >= 0.3 is 5.69 Å². The molecular formula is C10H11N5O3. The molecule has 0 aromatic carbocycles. The lowest BCUT2D eigenvalue weighted by Gasteiger charge is -1.99. The zero-order valence-electron chi connectivity index (χ0n) is 9.40. The van der Waals surface area contributed by atoms with E-state index in [0.29, 0.717) is 0 Å². The number of hydrogen-bond acceptors (Lipinski definition) is 4. The lowest BCUT2D eigenvalue weighted by Crippen LogP contribution is -2.22. The van der Waals surface area contributed by atoms with Crippen LogP contribution >= 0.6 is 0 Å². The number of nitrogens with zero attached hydrogens (tertiary/aromatic N) is 2. The molecule has 0 fully saturated rings. The van der Waals surface area contributed by atoms with Crippen molar-refractivity contribution in [2.75, 3.05) is 0 Å². The summed E-state index contributed by atoms with van der Waals surface area (Å²) in [5.41, 5.74) is 4.29. The molecule has 1 amide bonds. The molecule has 94 valence electrons. The summed E-state index contributed by atoms with van der Waals surface area (Å²) in [6.45, 7) is 3.70. The van der Waals surface area contributed by atoms with Crippen LogP contribution in [0.1, 0.15) is 5.82 Å².